The first-order valence-corrected chi connectivity index (χ1v) is 11.7. The number of carbonyl (C=O) groups is 2. The summed E-state index contributed by atoms with van der Waals surface area (Å²) in [5.74, 6) is 0.526. The van der Waals surface area contributed by atoms with Crippen molar-refractivity contribution in [3.63, 3.8) is 0 Å². The Morgan fingerprint density at radius 2 is 1.44 bits per heavy atom. The van der Waals surface area contributed by atoms with Gasteiger partial charge in [0.15, 0.2) is 0 Å². The minimum atomic E-state index is -0.141. The van der Waals surface area contributed by atoms with Gasteiger partial charge in [-0.2, -0.15) is 0 Å². The number of hydrogen-bond donors (Lipinski definition) is 2. The van der Waals surface area contributed by atoms with Crippen molar-refractivity contribution in [1.82, 2.24) is 4.90 Å². The first-order chi connectivity index (χ1) is 17.5. The molecule has 2 N–H and O–H groups in total. The van der Waals surface area contributed by atoms with Crippen molar-refractivity contribution in [2.24, 2.45) is 0 Å². The standard InChI is InChI=1S/C30H28N2O4/c1-22(33)31-27-13-15-28(16-14-27)36-21-26-18-24(12-17-29(26)34)20-32(19-23-8-4-2-5-9-23)30(35)25-10-6-3-7-11-25/h2-18,34H,19-21H2,1H3,(H,31,33). The minimum absolute atomic E-state index is 0.0652. The highest BCUT2D eigenvalue weighted by Gasteiger charge is 2.17. The van der Waals surface area contributed by atoms with E-state index in [1.54, 1.807) is 35.2 Å². The molecule has 0 saturated heterocycles. The SMILES string of the molecule is CC(=O)Nc1ccc(OCc2cc(CN(Cc3ccccc3)C(=O)c3ccccc3)ccc2O)cc1. The molecule has 4 aromatic rings. The fraction of sp³-hybridized carbons (Fsp3) is 0.133. The molecule has 0 saturated carbocycles. The van der Waals surface area contributed by atoms with Crippen molar-refractivity contribution >= 4 is 17.5 Å². The van der Waals surface area contributed by atoms with E-state index in [4.69, 9.17) is 4.74 Å². The molecule has 6 heteroatoms. The van der Waals surface area contributed by atoms with E-state index in [1.807, 2.05) is 72.8 Å². The summed E-state index contributed by atoms with van der Waals surface area (Å²) < 4.78 is 5.85. The molecule has 0 aliphatic rings. The molecule has 4 aromatic carbocycles. The van der Waals surface area contributed by atoms with Crippen LogP contribution >= 0.6 is 0 Å². The number of ether oxygens (including phenoxy) is 1. The number of carbonyl (C=O) groups excluding carboxylic acids is 2. The lowest BCUT2D eigenvalue weighted by molar-refractivity contribution is -0.114. The van der Waals surface area contributed by atoms with Gasteiger partial charge in [0.05, 0.1) is 0 Å². The second kappa shape index (κ2) is 11.7. The topological polar surface area (TPSA) is 78.9 Å². The number of benzene rings is 4. The van der Waals surface area contributed by atoms with Crippen molar-refractivity contribution in [2.75, 3.05) is 5.32 Å². The highest BCUT2D eigenvalue weighted by Crippen LogP contribution is 2.24. The van der Waals surface area contributed by atoms with Crippen LogP contribution in [0.2, 0.25) is 0 Å². The van der Waals surface area contributed by atoms with Gasteiger partial charge in [-0.05, 0) is 59.7 Å². The van der Waals surface area contributed by atoms with Gasteiger partial charge in [0, 0.05) is 36.8 Å². The van der Waals surface area contributed by atoms with Crippen molar-refractivity contribution in [1.29, 1.82) is 0 Å². The average Bonchev–Trinajstić information content (AvgIpc) is 2.90. The lowest BCUT2D eigenvalue weighted by Gasteiger charge is -2.24. The van der Waals surface area contributed by atoms with E-state index >= 15 is 0 Å². The van der Waals surface area contributed by atoms with Gasteiger partial charge in [-0.15, -0.1) is 0 Å². The van der Waals surface area contributed by atoms with Crippen molar-refractivity contribution in [3.05, 3.63) is 125 Å². The highest BCUT2D eigenvalue weighted by atomic mass is 16.5. The summed E-state index contributed by atoms with van der Waals surface area (Å²) in [7, 11) is 0. The number of nitrogens with zero attached hydrogens (tertiary/aromatic N) is 1. The van der Waals surface area contributed by atoms with E-state index < -0.39 is 0 Å². The summed E-state index contributed by atoms with van der Waals surface area (Å²) in [6.07, 6.45) is 0. The largest absolute Gasteiger partial charge is 0.508 e. The Balaban J connectivity index is 1.49. The zero-order valence-corrected chi connectivity index (χ0v) is 20.1. The first kappa shape index (κ1) is 24.5. The van der Waals surface area contributed by atoms with Crippen LogP contribution in [-0.2, 0) is 24.5 Å². The third-order valence-corrected chi connectivity index (χ3v) is 5.61. The lowest BCUT2D eigenvalue weighted by Crippen LogP contribution is -2.30. The molecule has 0 aromatic heterocycles. The summed E-state index contributed by atoms with van der Waals surface area (Å²) in [5.41, 5.74) is 3.84. The maximum atomic E-state index is 13.3. The maximum Gasteiger partial charge on any atom is 0.254 e. The molecule has 0 radical (unpaired) electrons. The summed E-state index contributed by atoms with van der Waals surface area (Å²) in [6, 6.07) is 31.4. The molecule has 0 unspecified atom stereocenters. The molecule has 0 fully saturated rings. The zero-order chi connectivity index (χ0) is 25.3. The molecule has 0 atom stereocenters. The van der Waals surface area contributed by atoms with Gasteiger partial charge < -0.3 is 20.1 Å². The van der Waals surface area contributed by atoms with Crippen LogP contribution in [0.4, 0.5) is 5.69 Å². The second-order valence-corrected chi connectivity index (χ2v) is 8.47. The van der Waals surface area contributed by atoms with Crippen LogP contribution in [0.25, 0.3) is 0 Å². The fourth-order valence-electron chi connectivity index (χ4n) is 3.84. The predicted octanol–water partition coefficient (Wildman–Crippen LogP) is 5.77. The lowest BCUT2D eigenvalue weighted by atomic mass is 10.1. The third kappa shape index (κ3) is 6.73. The van der Waals surface area contributed by atoms with Crippen molar-refractivity contribution < 1.29 is 19.4 Å². The number of phenolic OH excluding ortho intramolecular Hbond substituents is 1. The van der Waals surface area contributed by atoms with Gasteiger partial charge in [-0.25, -0.2) is 0 Å². The van der Waals surface area contributed by atoms with Gasteiger partial charge in [-0.3, -0.25) is 9.59 Å². The molecular formula is C30H28N2O4. The molecule has 0 heterocycles. The minimum Gasteiger partial charge on any atom is -0.508 e. The van der Waals surface area contributed by atoms with Crippen LogP contribution in [0.3, 0.4) is 0 Å². The number of anilines is 1. The Labute approximate surface area is 210 Å². The predicted molar refractivity (Wildman–Crippen MR) is 140 cm³/mol. The summed E-state index contributed by atoms with van der Waals surface area (Å²) in [4.78, 5) is 26.3. The first-order valence-electron chi connectivity index (χ1n) is 11.7. The van der Waals surface area contributed by atoms with Gasteiger partial charge in [-0.1, -0.05) is 54.6 Å². The fourth-order valence-corrected chi connectivity index (χ4v) is 3.84. The summed E-state index contributed by atoms with van der Waals surface area (Å²) >= 11 is 0. The van der Waals surface area contributed by atoms with E-state index in [-0.39, 0.29) is 24.2 Å². The number of nitrogens with one attached hydrogen (secondary N) is 1. The van der Waals surface area contributed by atoms with Gasteiger partial charge >= 0.3 is 0 Å². The smallest absolute Gasteiger partial charge is 0.254 e. The Hall–Kier alpha value is -4.58. The van der Waals surface area contributed by atoms with Crippen LogP contribution in [-0.4, -0.2) is 21.8 Å². The summed E-state index contributed by atoms with van der Waals surface area (Å²) in [6.45, 7) is 2.45. The molecule has 2 amide bonds. The van der Waals surface area contributed by atoms with Crippen LogP contribution < -0.4 is 10.1 Å². The number of amides is 2. The quantitative estimate of drug-likeness (QED) is 0.319. The van der Waals surface area contributed by atoms with Crippen LogP contribution in [0.1, 0.15) is 34.0 Å². The normalized spacial score (nSPS) is 10.5. The number of aromatic hydroxyl groups is 1. The Morgan fingerprint density at radius 1 is 0.806 bits per heavy atom. The Morgan fingerprint density at radius 3 is 2.11 bits per heavy atom. The van der Waals surface area contributed by atoms with Gasteiger partial charge in [0.2, 0.25) is 5.91 Å². The van der Waals surface area contributed by atoms with E-state index in [0.29, 0.717) is 35.7 Å². The van der Waals surface area contributed by atoms with E-state index in [9.17, 15) is 14.7 Å². The molecule has 0 bridgehead atoms. The van der Waals surface area contributed by atoms with E-state index in [0.717, 1.165) is 11.1 Å². The monoisotopic (exact) mass is 480 g/mol. The van der Waals surface area contributed by atoms with Crippen LogP contribution in [0.5, 0.6) is 11.5 Å². The van der Waals surface area contributed by atoms with E-state index in [1.165, 1.54) is 6.92 Å². The summed E-state index contributed by atoms with van der Waals surface area (Å²) in [5, 5.41) is 13.1. The molecule has 0 aliphatic heterocycles. The zero-order valence-electron chi connectivity index (χ0n) is 20.1. The number of phenols is 1. The third-order valence-electron chi connectivity index (χ3n) is 5.61. The molecule has 182 valence electrons. The van der Waals surface area contributed by atoms with Crippen molar-refractivity contribution in [2.45, 2.75) is 26.6 Å². The number of rotatable bonds is 9. The number of hydrogen-bond acceptors (Lipinski definition) is 4. The van der Waals surface area contributed by atoms with Gasteiger partial charge in [0.1, 0.15) is 18.1 Å². The molecule has 36 heavy (non-hydrogen) atoms. The van der Waals surface area contributed by atoms with Crippen LogP contribution in [0, 0.1) is 0 Å². The molecular weight excluding hydrogens is 452 g/mol. The van der Waals surface area contributed by atoms with E-state index in [2.05, 4.69) is 5.32 Å². The molecule has 6 nitrogen and oxygen atoms in total. The Kier molecular flexibility index (Phi) is 7.98. The second-order valence-electron chi connectivity index (χ2n) is 8.47. The highest BCUT2D eigenvalue weighted by molar-refractivity contribution is 5.94. The molecule has 0 spiro atoms. The average molecular weight is 481 g/mol. The van der Waals surface area contributed by atoms with Gasteiger partial charge in [0.25, 0.3) is 5.91 Å². The molecule has 4 rings (SSSR count). The van der Waals surface area contributed by atoms with Crippen molar-refractivity contribution in [3.8, 4) is 11.5 Å². The Bertz CT molecular complexity index is 1310. The molecule has 0 aliphatic carbocycles. The maximum absolute atomic E-state index is 13.3. The van der Waals surface area contributed by atoms with Crippen LogP contribution in [0.15, 0.2) is 103 Å².